The van der Waals surface area contributed by atoms with Gasteiger partial charge in [-0.2, -0.15) is 0 Å². The fourth-order valence-electron chi connectivity index (χ4n) is 1.77. The summed E-state index contributed by atoms with van der Waals surface area (Å²) in [4.78, 5) is 11.7. The lowest BCUT2D eigenvalue weighted by atomic mass is 10.0. The molecule has 0 aliphatic rings. The van der Waals surface area contributed by atoms with E-state index in [0.29, 0.717) is 18.9 Å². The molecule has 3 N–H and O–H groups in total. The molecule has 0 unspecified atom stereocenters. The van der Waals surface area contributed by atoms with Gasteiger partial charge in [0.05, 0.1) is 6.04 Å². The van der Waals surface area contributed by atoms with Crippen molar-refractivity contribution in [2.24, 2.45) is 11.7 Å². The highest BCUT2D eigenvalue weighted by Crippen LogP contribution is 2.14. The zero-order valence-corrected chi connectivity index (χ0v) is 11.7. The normalized spacial score (nSPS) is 12.5. The Hall–Kier alpha value is -1.06. The Morgan fingerprint density at radius 2 is 2.06 bits per heavy atom. The summed E-state index contributed by atoms with van der Waals surface area (Å²) in [6.07, 6.45) is 1.43. The van der Waals surface area contributed by atoms with Crippen molar-refractivity contribution in [3.63, 3.8) is 0 Å². The monoisotopic (exact) mass is 268 g/mol. The second-order valence-electron chi connectivity index (χ2n) is 4.87. The van der Waals surface area contributed by atoms with Crippen molar-refractivity contribution in [2.75, 3.05) is 6.54 Å². The lowest BCUT2D eigenvalue weighted by molar-refractivity contribution is -0.122. The first kappa shape index (κ1) is 15.0. The molecule has 0 heterocycles. The van der Waals surface area contributed by atoms with Crippen molar-refractivity contribution in [2.45, 2.75) is 32.7 Å². The fraction of sp³-hybridized carbons (Fsp3) is 0.500. The molecule has 1 atom stereocenters. The summed E-state index contributed by atoms with van der Waals surface area (Å²) in [7, 11) is 0. The number of nitrogens with two attached hydrogens (primary N) is 1. The van der Waals surface area contributed by atoms with Gasteiger partial charge in [0, 0.05) is 11.6 Å². The molecule has 0 aromatic heterocycles. The Labute approximate surface area is 114 Å². The molecule has 1 aromatic rings. The Morgan fingerprint density at radius 3 is 2.67 bits per heavy atom. The zero-order valence-electron chi connectivity index (χ0n) is 10.9. The van der Waals surface area contributed by atoms with E-state index in [-0.39, 0.29) is 5.91 Å². The van der Waals surface area contributed by atoms with Gasteiger partial charge in [-0.05, 0) is 30.4 Å². The summed E-state index contributed by atoms with van der Waals surface area (Å²) in [6.45, 7) is 4.67. The van der Waals surface area contributed by atoms with Crippen LogP contribution in [0.15, 0.2) is 24.3 Å². The van der Waals surface area contributed by atoms with Gasteiger partial charge < -0.3 is 11.1 Å². The maximum absolute atomic E-state index is 11.7. The molecule has 0 radical (unpaired) electrons. The van der Waals surface area contributed by atoms with Gasteiger partial charge in [-0.1, -0.05) is 43.6 Å². The standard InChI is InChI=1S/C14H21ClN2O/c1-10(2)9-13(16)14(18)17-8-7-11-5-3-4-6-12(11)15/h3-6,10,13H,7-9,16H2,1-2H3,(H,17,18)/t13-/m0/s1. The second kappa shape index (κ2) is 7.39. The van der Waals surface area contributed by atoms with Gasteiger partial charge in [0.15, 0.2) is 0 Å². The van der Waals surface area contributed by atoms with Crippen LogP contribution in [0, 0.1) is 5.92 Å². The lowest BCUT2D eigenvalue weighted by Gasteiger charge is -2.14. The third-order valence-corrected chi connectivity index (χ3v) is 3.08. The molecule has 0 fully saturated rings. The Bertz CT molecular complexity index is 393. The molecule has 18 heavy (non-hydrogen) atoms. The maximum Gasteiger partial charge on any atom is 0.236 e. The van der Waals surface area contributed by atoms with Gasteiger partial charge in [0.1, 0.15) is 0 Å². The van der Waals surface area contributed by atoms with E-state index >= 15 is 0 Å². The summed E-state index contributed by atoms with van der Waals surface area (Å²) in [5.41, 5.74) is 6.83. The first-order valence-corrected chi connectivity index (χ1v) is 6.65. The molecule has 0 spiro atoms. The minimum Gasteiger partial charge on any atom is -0.354 e. The van der Waals surface area contributed by atoms with Crippen molar-refractivity contribution in [1.82, 2.24) is 5.32 Å². The predicted molar refractivity (Wildman–Crippen MR) is 75.6 cm³/mol. The van der Waals surface area contributed by atoms with Crippen LogP contribution in [0.2, 0.25) is 5.02 Å². The van der Waals surface area contributed by atoms with Crippen LogP contribution in [-0.4, -0.2) is 18.5 Å². The van der Waals surface area contributed by atoms with E-state index in [1.165, 1.54) is 0 Å². The summed E-state index contributed by atoms with van der Waals surface area (Å²) >= 11 is 6.03. The van der Waals surface area contributed by atoms with Crippen LogP contribution in [0.4, 0.5) is 0 Å². The van der Waals surface area contributed by atoms with Gasteiger partial charge in [0.2, 0.25) is 5.91 Å². The first-order valence-electron chi connectivity index (χ1n) is 6.27. The smallest absolute Gasteiger partial charge is 0.236 e. The van der Waals surface area contributed by atoms with E-state index in [1.54, 1.807) is 0 Å². The van der Waals surface area contributed by atoms with Gasteiger partial charge in [-0.15, -0.1) is 0 Å². The summed E-state index contributed by atoms with van der Waals surface area (Å²) in [5.74, 6) is 0.338. The Kier molecular flexibility index (Phi) is 6.16. The van der Waals surface area contributed by atoms with Crippen molar-refractivity contribution in [3.05, 3.63) is 34.9 Å². The van der Waals surface area contributed by atoms with Gasteiger partial charge in [-0.25, -0.2) is 0 Å². The molecule has 1 amide bonds. The third-order valence-electron chi connectivity index (χ3n) is 2.71. The van der Waals surface area contributed by atoms with Crippen molar-refractivity contribution >= 4 is 17.5 Å². The molecule has 0 saturated heterocycles. The quantitative estimate of drug-likeness (QED) is 0.832. The first-order chi connectivity index (χ1) is 8.50. The molecule has 3 nitrogen and oxygen atoms in total. The molecule has 1 aromatic carbocycles. The van der Waals surface area contributed by atoms with Crippen LogP contribution in [-0.2, 0) is 11.2 Å². The topological polar surface area (TPSA) is 55.1 Å². The van der Waals surface area contributed by atoms with Crippen molar-refractivity contribution in [1.29, 1.82) is 0 Å². The molecule has 0 bridgehead atoms. The largest absolute Gasteiger partial charge is 0.354 e. The van der Waals surface area contributed by atoms with E-state index in [4.69, 9.17) is 17.3 Å². The van der Waals surface area contributed by atoms with E-state index < -0.39 is 6.04 Å². The molecule has 4 heteroatoms. The fourth-order valence-corrected chi connectivity index (χ4v) is 2.00. The average Bonchev–Trinajstić information content (AvgIpc) is 2.30. The van der Waals surface area contributed by atoms with E-state index in [9.17, 15) is 4.79 Å². The molecule has 1 rings (SSSR count). The van der Waals surface area contributed by atoms with Crippen LogP contribution in [0.25, 0.3) is 0 Å². The van der Waals surface area contributed by atoms with E-state index in [1.807, 2.05) is 24.3 Å². The molecular weight excluding hydrogens is 248 g/mol. The van der Waals surface area contributed by atoms with E-state index in [0.717, 1.165) is 17.0 Å². The summed E-state index contributed by atoms with van der Waals surface area (Å²) in [5, 5.41) is 3.58. The number of carbonyl (C=O) groups excluding carboxylic acids is 1. The number of rotatable bonds is 6. The number of nitrogens with one attached hydrogen (secondary N) is 1. The maximum atomic E-state index is 11.7. The molecule has 0 aliphatic carbocycles. The minimum atomic E-state index is -0.420. The van der Waals surface area contributed by atoms with Gasteiger partial charge in [0.25, 0.3) is 0 Å². The SMILES string of the molecule is CC(C)C[C@H](N)C(=O)NCCc1ccccc1Cl. The van der Waals surface area contributed by atoms with Crippen molar-refractivity contribution < 1.29 is 4.79 Å². The molecule has 0 saturated carbocycles. The van der Waals surface area contributed by atoms with Gasteiger partial charge in [-0.3, -0.25) is 4.79 Å². The zero-order chi connectivity index (χ0) is 13.5. The summed E-state index contributed by atoms with van der Waals surface area (Å²) in [6, 6.07) is 7.22. The predicted octanol–water partition coefficient (Wildman–Crippen LogP) is 2.37. The highest BCUT2D eigenvalue weighted by atomic mass is 35.5. The van der Waals surface area contributed by atoms with Crippen LogP contribution >= 0.6 is 11.6 Å². The minimum absolute atomic E-state index is 0.0873. The number of amides is 1. The van der Waals surface area contributed by atoms with Crippen LogP contribution < -0.4 is 11.1 Å². The van der Waals surface area contributed by atoms with Crippen LogP contribution in [0.5, 0.6) is 0 Å². The molecule has 100 valence electrons. The lowest BCUT2D eigenvalue weighted by Crippen LogP contribution is -2.42. The number of benzene rings is 1. The second-order valence-corrected chi connectivity index (χ2v) is 5.28. The Balaban J connectivity index is 2.34. The average molecular weight is 269 g/mol. The number of halogens is 1. The highest BCUT2D eigenvalue weighted by Gasteiger charge is 2.14. The third kappa shape index (κ3) is 5.07. The highest BCUT2D eigenvalue weighted by molar-refractivity contribution is 6.31. The van der Waals surface area contributed by atoms with E-state index in [2.05, 4.69) is 19.2 Å². The van der Waals surface area contributed by atoms with Crippen LogP contribution in [0.1, 0.15) is 25.8 Å². The number of carbonyl (C=O) groups is 1. The number of hydrogen-bond donors (Lipinski definition) is 2. The molecule has 0 aliphatic heterocycles. The molecular formula is C14H21ClN2O. The Morgan fingerprint density at radius 1 is 1.39 bits per heavy atom. The van der Waals surface area contributed by atoms with Crippen LogP contribution in [0.3, 0.4) is 0 Å². The van der Waals surface area contributed by atoms with Gasteiger partial charge >= 0.3 is 0 Å². The number of hydrogen-bond acceptors (Lipinski definition) is 2. The van der Waals surface area contributed by atoms with Crippen molar-refractivity contribution in [3.8, 4) is 0 Å². The summed E-state index contributed by atoms with van der Waals surface area (Å²) < 4.78 is 0.